The Hall–Kier alpha value is -0.0400. The van der Waals surface area contributed by atoms with Crippen LogP contribution in [0, 0.1) is 0 Å². The SMILES string of the molecule is CCCC1OC1CC. The maximum Gasteiger partial charge on any atom is 0.0841 e. The van der Waals surface area contributed by atoms with Crippen LogP contribution in [-0.4, -0.2) is 12.2 Å². The van der Waals surface area contributed by atoms with Crippen LogP contribution in [0.4, 0.5) is 0 Å². The van der Waals surface area contributed by atoms with Gasteiger partial charge in [-0.3, -0.25) is 0 Å². The molecule has 1 heterocycles. The highest BCUT2D eigenvalue weighted by Crippen LogP contribution is 2.28. The largest absolute Gasteiger partial charge is 0.370 e. The predicted octanol–water partition coefficient (Wildman–Crippen LogP) is 1.96. The smallest absolute Gasteiger partial charge is 0.0841 e. The summed E-state index contributed by atoms with van der Waals surface area (Å²) in [5.41, 5.74) is 0. The minimum absolute atomic E-state index is 0.620. The van der Waals surface area contributed by atoms with Crippen molar-refractivity contribution in [2.75, 3.05) is 0 Å². The Morgan fingerprint density at radius 3 is 2.38 bits per heavy atom. The van der Waals surface area contributed by atoms with E-state index in [1.807, 2.05) is 0 Å². The Labute approximate surface area is 51.0 Å². The van der Waals surface area contributed by atoms with Crippen molar-refractivity contribution in [1.82, 2.24) is 0 Å². The minimum Gasteiger partial charge on any atom is -0.370 e. The van der Waals surface area contributed by atoms with Gasteiger partial charge in [-0.2, -0.15) is 0 Å². The van der Waals surface area contributed by atoms with E-state index in [0.29, 0.717) is 12.2 Å². The molecule has 0 aromatic rings. The molecule has 48 valence electrons. The van der Waals surface area contributed by atoms with E-state index >= 15 is 0 Å². The summed E-state index contributed by atoms with van der Waals surface area (Å²) in [4.78, 5) is 0. The van der Waals surface area contributed by atoms with E-state index in [9.17, 15) is 0 Å². The molecule has 0 bridgehead atoms. The molecule has 2 atom stereocenters. The van der Waals surface area contributed by atoms with E-state index < -0.39 is 0 Å². The Balaban J connectivity index is 1.99. The Bertz CT molecular complexity index is 70.8. The molecule has 1 heteroatoms. The maximum absolute atomic E-state index is 5.31. The fraction of sp³-hybridized carbons (Fsp3) is 1.00. The molecule has 1 fully saturated rings. The summed E-state index contributed by atoms with van der Waals surface area (Å²) in [7, 11) is 0. The lowest BCUT2D eigenvalue weighted by molar-refractivity contribution is 0.359. The Morgan fingerprint density at radius 1 is 1.25 bits per heavy atom. The first-order valence-electron chi connectivity index (χ1n) is 3.54. The number of ether oxygens (including phenoxy) is 1. The standard InChI is InChI=1S/C7H14O/c1-3-5-7-6(4-2)8-7/h6-7H,3-5H2,1-2H3. The van der Waals surface area contributed by atoms with Gasteiger partial charge in [-0.05, 0) is 12.8 Å². The molecule has 0 radical (unpaired) electrons. The molecular formula is C7H14O. The lowest BCUT2D eigenvalue weighted by atomic mass is 10.2. The quantitative estimate of drug-likeness (QED) is 0.511. The number of epoxide rings is 1. The molecule has 0 amide bonds. The molecule has 1 aliphatic heterocycles. The summed E-state index contributed by atoms with van der Waals surface area (Å²) in [5.74, 6) is 0. The fourth-order valence-corrected chi connectivity index (χ4v) is 1.08. The third kappa shape index (κ3) is 1.22. The molecule has 1 nitrogen and oxygen atoms in total. The van der Waals surface area contributed by atoms with E-state index in [2.05, 4.69) is 13.8 Å². The fourth-order valence-electron chi connectivity index (χ4n) is 1.08. The van der Waals surface area contributed by atoms with E-state index in [1.54, 1.807) is 0 Å². The number of hydrogen-bond donors (Lipinski definition) is 0. The van der Waals surface area contributed by atoms with Gasteiger partial charge in [0, 0.05) is 0 Å². The molecule has 0 N–H and O–H groups in total. The number of rotatable bonds is 3. The van der Waals surface area contributed by atoms with Gasteiger partial charge in [-0.1, -0.05) is 20.3 Å². The lowest BCUT2D eigenvalue weighted by Crippen LogP contribution is -1.89. The van der Waals surface area contributed by atoms with Crippen molar-refractivity contribution in [3.63, 3.8) is 0 Å². The van der Waals surface area contributed by atoms with Crippen LogP contribution < -0.4 is 0 Å². The monoisotopic (exact) mass is 114 g/mol. The summed E-state index contributed by atoms with van der Waals surface area (Å²) in [6, 6.07) is 0. The second-order valence-electron chi connectivity index (χ2n) is 2.41. The van der Waals surface area contributed by atoms with Crippen molar-refractivity contribution in [3.8, 4) is 0 Å². The third-order valence-electron chi connectivity index (χ3n) is 1.66. The third-order valence-corrected chi connectivity index (χ3v) is 1.66. The summed E-state index contributed by atoms with van der Waals surface area (Å²) in [5, 5.41) is 0. The molecule has 0 aliphatic carbocycles. The normalized spacial score (nSPS) is 35.2. The van der Waals surface area contributed by atoms with Crippen molar-refractivity contribution < 1.29 is 4.74 Å². The van der Waals surface area contributed by atoms with Crippen LogP contribution in [0.3, 0.4) is 0 Å². The van der Waals surface area contributed by atoms with E-state index in [4.69, 9.17) is 4.74 Å². The van der Waals surface area contributed by atoms with E-state index in [1.165, 1.54) is 19.3 Å². The second-order valence-corrected chi connectivity index (χ2v) is 2.41. The first-order chi connectivity index (χ1) is 3.88. The number of hydrogen-bond acceptors (Lipinski definition) is 1. The first-order valence-corrected chi connectivity index (χ1v) is 3.54. The Kier molecular flexibility index (Phi) is 1.90. The zero-order chi connectivity index (χ0) is 5.98. The van der Waals surface area contributed by atoms with E-state index in [0.717, 1.165) is 0 Å². The summed E-state index contributed by atoms with van der Waals surface area (Å²) in [6.07, 6.45) is 4.98. The second kappa shape index (κ2) is 2.49. The average molecular weight is 114 g/mol. The lowest BCUT2D eigenvalue weighted by Gasteiger charge is -1.84. The minimum atomic E-state index is 0.620. The van der Waals surface area contributed by atoms with Gasteiger partial charge in [-0.15, -0.1) is 0 Å². The maximum atomic E-state index is 5.31. The van der Waals surface area contributed by atoms with Crippen LogP contribution in [0.15, 0.2) is 0 Å². The topological polar surface area (TPSA) is 12.5 Å². The van der Waals surface area contributed by atoms with Crippen molar-refractivity contribution in [1.29, 1.82) is 0 Å². The Morgan fingerprint density at radius 2 is 2.00 bits per heavy atom. The zero-order valence-corrected chi connectivity index (χ0v) is 5.68. The van der Waals surface area contributed by atoms with Crippen LogP contribution in [0.25, 0.3) is 0 Å². The van der Waals surface area contributed by atoms with E-state index in [-0.39, 0.29) is 0 Å². The van der Waals surface area contributed by atoms with Crippen molar-refractivity contribution in [2.24, 2.45) is 0 Å². The molecule has 0 saturated carbocycles. The van der Waals surface area contributed by atoms with Crippen LogP contribution >= 0.6 is 0 Å². The van der Waals surface area contributed by atoms with Crippen molar-refractivity contribution >= 4 is 0 Å². The first kappa shape index (κ1) is 6.09. The van der Waals surface area contributed by atoms with Gasteiger partial charge in [0.15, 0.2) is 0 Å². The summed E-state index contributed by atoms with van der Waals surface area (Å²) >= 11 is 0. The van der Waals surface area contributed by atoms with Gasteiger partial charge in [0.2, 0.25) is 0 Å². The van der Waals surface area contributed by atoms with Gasteiger partial charge in [-0.25, -0.2) is 0 Å². The average Bonchev–Trinajstić information content (AvgIpc) is 2.48. The summed E-state index contributed by atoms with van der Waals surface area (Å²) in [6.45, 7) is 4.38. The zero-order valence-electron chi connectivity index (χ0n) is 5.68. The molecule has 0 aromatic heterocycles. The van der Waals surface area contributed by atoms with Gasteiger partial charge >= 0.3 is 0 Å². The molecule has 2 unspecified atom stereocenters. The molecule has 0 aromatic carbocycles. The van der Waals surface area contributed by atoms with Gasteiger partial charge in [0.25, 0.3) is 0 Å². The molecule has 1 aliphatic rings. The van der Waals surface area contributed by atoms with Crippen LogP contribution in [0.2, 0.25) is 0 Å². The van der Waals surface area contributed by atoms with Crippen LogP contribution in [0.5, 0.6) is 0 Å². The van der Waals surface area contributed by atoms with Gasteiger partial charge in [0.1, 0.15) is 0 Å². The highest BCUT2D eigenvalue weighted by atomic mass is 16.6. The molecule has 1 rings (SSSR count). The van der Waals surface area contributed by atoms with Crippen LogP contribution in [0.1, 0.15) is 33.1 Å². The van der Waals surface area contributed by atoms with Gasteiger partial charge in [0.05, 0.1) is 12.2 Å². The van der Waals surface area contributed by atoms with Crippen molar-refractivity contribution in [2.45, 2.75) is 45.3 Å². The van der Waals surface area contributed by atoms with Crippen molar-refractivity contribution in [3.05, 3.63) is 0 Å². The molecular weight excluding hydrogens is 100 g/mol. The molecule has 8 heavy (non-hydrogen) atoms. The summed E-state index contributed by atoms with van der Waals surface area (Å²) < 4.78 is 5.31. The predicted molar refractivity (Wildman–Crippen MR) is 33.9 cm³/mol. The highest BCUT2D eigenvalue weighted by molar-refractivity contribution is 4.82. The van der Waals surface area contributed by atoms with Gasteiger partial charge < -0.3 is 4.74 Å². The molecule has 1 saturated heterocycles. The molecule has 0 spiro atoms. The van der Waals surface area contributed by atoms with Crippen LogP contribution in [-0.2, 0) is 4.74 Å². The highest BCUT2D eigenvalue weighted by Gasteiger charge is 2.35.